The Hall–Kier alpha value is -2.45. The maximum absolute atomic E-state index is 14.6. The highest BCUT2D eigenvalue weighted by Crippen LogP contribution is 2.50. The topological polar surface area (TPSA) is 115 Å². The van der Waals surface area contributed by atoms with Crippen molar-refractivity contribution in [3.63, 3.8) is 0 Å². The van der Waals surface area contributed by atoms with Crippen molar-refractivity contribution < 1.29 is 24.1 Å². The van der Waals surface area contributed by atoms with Crippen LogP contribution in [0.4, 0.5) is 4.39 Å². The summed E-state index contributed by atoms with van der Waals surface area (Å²) in [6.45, 7) is -0.274. The second kappa shape index (κ2) is 4.78. The lowest BCUT2D eigenvalue weighted by Gasteiger charge is -2.30. The standard InChI is InChI=1S/C16H15FN2O5/c17-10-3-8-12-14(11(10)16(18)1-2-16)24-6-7(5-20)19(12)4-9(13(8)21)15(22)23/h3-4,7,20H,1-2,5-6,18H2,(H,22,23). The van der Waals surface area contributed by atoms with Gasteiger partial charge in [-0.15, -0.1) is 0 Å². The predicted molar refractivity (Wildman–Crippen MR) is 81.8 cm³/mol. The Balaban J connectivity index is 2.17. The summed E-state index contributed by atoms with van der Waals surface area (Å²) in [5.41, 5.74) is 4.54. The van der Waals surface area contributed by atoms with Crippen LogP contribution in [0.1, 0.15) is 34.8 Å². The Kier molecular flexibility index (Phi) is 3.01. The van der Waals surface area contributed by atoms with E-state index in [0.29, 0.717) is 12.8 Å². The zero-order valence-electron chi connectivity index (χ0n) is 12.6. The van der Waals surface area contributed by atoms with Gasteiger partial charge in [0.1, 0.15) is 18.0 Å². The minimum absolute atomic E-state index is 0.0348. The number of aliphatic hydroxyl groups excluding tert-OH is 1. The molecule has 4 rings (SSSR count). The van der Waals surface area contributed by atoms with Crippen LogP contribution < -0.4 is 15.9 Å². The number of carboxylic acids is 1. The van der Waals surface area contributed by atoms with Gasteiger partial charge in [0.2, 0.25) is 5.43 Å². The lowest BCUT2D eigenvalue weighted by atomic mass is 9.98. The Morgan fingerprint density at radius 2 is 2.21 bits per heavy atom. The fourth-order valence-corrected chi connectivity index (χ4v) is 3.28. The molecular formula is C16H15FN2O5. The predicted octanol–water partition coefficient (Wildman–Crippen LogP) is 0.712. The highest BCUT2D eigenvalue weighted by molar-refractivity contribution is 5.95. The molecule has 1 aromatic heterocycles. The van der Waals surface area contributed by atoms with Crippen LogP contribution in [0.5, 0.6) is 5.75 Å². The zero-order valence-corrected chi connectivity index (χ0v) is 12.6. The minimum Gasteiger partial charge on any atom is -0.489 e. The number of pyridine rings is 1. The molecule has 24 heavy (non-hydrogen) atoms. The second-order valence-corrected chi connectivity index (χ2v) is 6.35. The van der Waals surface area contributed by atoms with Gasteiger partial charge < -0.3 is 25.3 Å². The van der Waals surface area contributed by atoms with Crippen molar-refractivity contribution in [3.05, 3.63) is 39.4 Å². The molecule has 126 valence electrons. The number of rotatable bonds is 3. The maximum Gasteiger partial charge on any atom is 0.341 e. The van der Waals surface area contributed by atoms with Crippen molar-refractivity contribution in [3.8, 4) is 5.75 Å². The Morgan fingerprint density at radius 3 is 2.79 bits per heavy atom. The average molecular weight is 334 g/mol. The van der Waals surface area contributed by atoms with E-state index in [9.17, 15) is 24.2 Å². The first kappa shape index (κ1) is 15.1. The van der Waals surface area contributed by atoms with Gasteiger partial charge in [0.05, 0.1) is 29.1 Å². The normalized spacial score (nSPS) is 20.7. The summed E-state index contributed by atoms with van der Waals surface area (Å²) in [6.07, 6.45) is 2.39. The zero-order chi connectivity index (χ0) is 17.2. The fraction of sp³-hybridized carbons (Fsp3) is 0.375. The van der Waals surface area contributed by atoms with E-state index in [1.165, 1.54) is 10.8 Å². The molecule has 4 N–H and O–H groups in total. The fourth-order valence-electron chi connectivity index (χ4n) is 3.28. The third kappa shape index (κ3) is 1.90. The highest BCUT2D eigenvalue weighted by Gasteiger charge is 2.46. The van der Waals surface area contributed by atoms with Crippen LogP contribution in [0.15, 0.2) is 17.1 Å². The number of carbonyl (C=O) groups is 1. The molecule has 0 radical (unpaired) electrons. The van der Waals surface area contributed by atoms with Crippen molar-refractivity contribution in [2.24, 2.45) is 5.73 Å². The third-order valence-corrected chi connectivity index (χ3v) is 4.76. The van der Waals surface area contributed by atoms with Gasteiger partial charge in [-0.25, -0.2) is 9.18 Å². The van der Waals surface area contributed by atoms with Crippen LogP contribution in [0.2, 0.25) is 0 Å². The number of hydrogen-bond donors (Lipinski definition) is 3. The van der Waals surface area contributed by atoms with Gasteiger partial charge in [-0.3, -0.25) is 4.79 Å². The minimum atomic E-state index is -1.41. The first-order valence-corrected chi connectivity index (χ1v) is 7.55. The van der Waals surface area contributed by atoms with E-state index in [4.69, 9.17) is 10.5 Å². The van der Waals surface area contributed by atoms with E-state index in [1.54, 1.807) is 0 Å². The number of halogens is 1. The smallest absolute Gasteiger partial charge is 0.341 e. The van der Waals surface area contributed by atoms with Gasteiger partial charge in [0.25, 0.3) is 0 Å². The van der Waals surface area contributed by atoms with Crippen molar-refractivity contribution in [1.29, 1.82) is 0 Å². The maximum atomic E-state index is 14.6. The number of aromatic carboxylic acids is 1. The number of hydrogen-bond acceptors (Lipinski definition) is 5. The first-order valence-electron chi connectivity index (χ1n) is 7.55. The summed E-state index contributed by atoms with van der Waals surface area (Å²) < 4.78 is 21.8. The van der Waals surface area contributed by atoms with E-state index in [1.807, 2.05) is 0 Å². The van der Waals surface area contributed by atoms with Gasteiger partial charge in [-0.05, 0) is 18.9 Å². The number of carboxylic acid groups (broad SMARTS) is 1. The van der Waals surface area contributed by atoms with Gasteiger partial charge in [0, 0.05) is 11.7 Å². The largest absolute Gasteiger partial charge is 0.489 e. The van der Waals surface area contributed by atoms with Crippen LogP contribution in [-0.2, 0) is 5.54 Å². The molecule has 0 bridgehead atoms. The van der Waals surface area contributed by atoms with Gasteiger partial charge in [-0.2, -0.15) is 0 Å². The Labute approximate surface area is 135 Å². The molecule has 1 aromatic carbocycles. The van der Waals surface area contributed by atoms with Gasteiger partial charge in [0.15, 0.2) is 5.75 Å². The lowest BCUT2D eigenvalue weighted by Crippen LogP contribution is -2.32. The third-order valence-electron chi connectivity index (χ3n) is 4.76. The summed E-state index contributed by atoms with van der Waals surface area (Å²) in [5.74, 6) is -1.91. The van der Waals surface area contributed by atoms with E-state index >= 15 is 0 Å². The van der Waals surface area contributed by atoms with Crippen molar-refractivity contribution >= 4 is 16.9 Å². The average Bonchev–Trinajstić information content (AvgIpc) is 3.27. The monoisotopic (exact) mass is 334 g/mol. The molecule has 1 aliphatic carbocycles. The summed E-state index contributed by atoms with van der Waals surface area (Å²) in [7, 11) is 0. The van der Waals surface area contributed by atoms with Crippen molar-refractivity contribution in [2.75, 3.05) is 13.2 Å². The molecule has 2 heterocycles. The number of benzene rings is 1. The van der Waals surface area contributed by atoms with Crippen LogP contribution in [-0.4, -0.2) is 34.0 Å². The summed E-state index contributed by atoms with van der Waals surface area (Å²) >= 11 is 0. The summed E-state index contributed by atoms with van der Waals surface area (Å²) in [5, 5.41) is 18.7. The quantitative estimate of drug-likeness (QED) is 0.762. The van der Waals surface area contributed by atoms with Crippen LogP contribution in [0.3, 0.4) is 0 Å². The molecule has 0 saturated heterocycles. The van der Waals surface area contributed by atoms with Crippen LogP contribution in [0.25, 0.3) is 10.9 Å². The summed E-state index contributed by atoms with van der Waals surface area (Å²) in [4.78, 5) is 23.8. The highest BCUT2D eigenvalue weighted by atomic mass is 19.1. The number of aromatic nitrogens is 1. The van der Waals surface area contributed by atoms with Gasteiger partial charge >= 0.3 is 5.97 Å². The molecule has 0 spiro atoms. The summed E-state index contributed by atoms with van der Waals surface area (Å²) in [6, 6.07) is 0.458. The van der Waals surface area contributed by atoms with E-state index in [0.717, 1.165) is 6.07 Å². The lowest BCUT2D eigenvalue weighted by molar-refractivity contribution is 0.0693. The second-order valence-electron chi connectivity index (χ2n) is 6.35. The molecule has 1 unspecified atom stereocenters. The van der Waals surface area contributed by atoms with Crippen molar-refractivity contribution in [1.82, 2.24) is 4.57 Å². The number of ether oxygens (including phenoxy) is 1. The van der Waals surface area contributed by atoms with E-state index in [2.05, 4.69) is 0 Å². The van der Waals surface area contributed by atoms with Crippen LogP contribution in [0, 0.1) is 5.82 Å². The van der Waals surface area contributed by atoms with E-state index < -0.39 is 34.4 Å². The molecule has 1 aliphatic heterocycles. The SMILES string of the molecule is NC1(c2c(F)cc3c(=O)c(C(=O)O)cn4c3c2OCC4CO)CC1. The molecule has 2 aliphatic rings. The first-order chi connectivity index (χ1) is 11.4. The molecule has 8 heteroatoms. The molecular weight excluding hydrogens is 319 g/mol. The van der Waals surface area contributed by atoms with Crippen molar-refractivity contribution in [2.45, 2.75) is 24.4 Å². The number of aliphatic hydroxyl groups is 1. The molecule has 7 nitrogen and oxygen atoms in total. The Morgan fingerprint density at radius 1 is 1.50 bits per heavy atom. The van der Waals surface area contributed by atoms with E-state index in [-0.39, 0.29) is 35.4 Å². The molecule has 0 amide bonds. The molecule has 1 saturated carbocycles. The Bertz CT molecular complexity index is 948. The molecule has 1 fully saturated rings. The van der Waals surface area contributed by atoms with Crippen LogP contribution >= 0.6 is 0 Å². The number of nitrogens with two attached hydrogens (primary N) is 1. The molecule has 1 atom stereocenters. The number of nitrogens with zero attached hydrogens (tertiary/aromatic N) is 1. The molecule has 2 aromatic rings. The van der Waals surface area contributed by atoms with Gasteiger partial charge in [-0.1, -0.05) is 0 Å².